The van der Waals surface area contributed by atoms with E-state index in [0.717, 1.165) is 55.2 Å². The third-order valence-corrected chi connectivity index (χ3v) is 7.06. The highest BCUT2D eigenvalue weighted by atomic mass is 35.5. The van der Waals surface area contributed by atoms with Crippen molar-refractivity contribution in [3.63, 3.8) is 0 Å². The summed E-state index contributed by atoms with van der Waals surface area (Å²) in [6, 6.07) is 0. The molecule has 9 nitrogen and oxygen atoms in total. The maximum absolute atomic E-state index is 11.7. The van der Waals surface area contributed by atoms with Gasteiger partial charge in [0.2, 0.25) is 15.3 Å². The first-order valence-electron chi connectivity index (χ1n) is 9.49. The van der Waals surface area contributed by atoms with Crippen LogP contribution in [0.5, 0.6) is 0 Å². The monoisotopic (exact) mass is 428 g/mol. The van der Waals surface area contributed by atoms with Gasteiger partial charge >= 0.3 is 0 Å². The quantitative estimate of drug-likeness (QED) is 0.672. The number of hydrogen-bond donors (Lipinski definition) is 0. The van der Waals surface area contributed by atoms with Gasteiger partial charge in [0.25, 0.3) is 0 Å². The van der Waals surface area contributed by atoms with Crippen LogP contribution in [0.25, 0.3) is 11.2 Å². The number of anilines is 1. The molecule has 0 aliphatic carbocycles. The van der Waals surface area contributed by atoms with Gasteiger partial charge in [0.1, 0.15) is 5.82 Å². The van der Waals surface area contributed by atoms with Crippen molar-refractivity contribution in [2.45, 2.75) is 19.3 Å². The summed E-state index contributed by atoms with van der Waals surface area (Å²) in [5, 5.41) is 0.213. The Morgan fingerprint density at radius 2 is 1.79 bits per heavy atom. The molecule has 11 heteroatoms. The van der Waals surface area contributed by atoms with E-state index in [9.17, 15) is 8.42 Å². The van der Waals surface area contributed by atoms with E-state index >= 15 is 0 Å². The summed E-state index contributed by atoms with van der Waals surface area (Å²) < 4.78 is 32.4. The van der Waals surface area contributed by atoms with Crippen molar-refractivity contribution in [1.82, 2.24) is 23.8 Å². The minimum absolute atomic E-state index is 0.213. The number of hydrogen-bond acceptors (Lipinski definition) is 7. The maximum Gasteiger partial charge on any atom is 0.226 e. The molecule has 2 aromatic rings. The smallest absolute Gasteiger partial charge is 0.226 e. The van der Waals surface area contributed by atoms with E-state index in [0.29, 0.717) is 32.2 Å². The van der Waals surface area contributed by atoms with Crippen molar-refractivity contribution in [3.05, 3.63) is 11.1 Å². The third-order valence-electron chi connectivity index (χ3n) is 5.59. The second-order valence-corrected chi connectivity index (χ2v) is 9.80. The molecule has 154 valence electrons. The molecule has 2 aliphatic heterocycles. The number of fused-ring (bicyclic) bond motifs is 1. The molecule has 0 bridgehead atoms. The topological polar surface area (TPSA) is 93.5 Å². The van der Waals surface area contributed by atoms with Crippen LogP contribution in [-0.2, 0) is 28.2 Å². The van der Waals surface area contributed by atoms with Gasteiger partial charge in [-0.3, -0.25) is 0 Å². The largest absolute Gasteiger partial charge is 0.378 e. The molecule has 4 rings (SSSR count). The lowest BCUT2D eigenvalue weighted by molar-refractivity contribution is 0.122. The van der Waals surface area contributed by atoms with Gasteiger partial charge in [0.15, 0.2) is 17.0 Å². The van der Waals surface area contributed by atoms with Gasteiger partial charge in [-0.2, -0.15) is 9.97 Å². The number of ether oxygens (including phenoxy) is 1. The highest BCUT2D eigenvalue weighted by molar-refractivity contribution is 7.88. The number of morpholine rings is 1. The fraction of sp³-hybridized carbons (Fsp3) is 0.706. The van der Waals surface area contributed by atoms with Crippen molar-refractivity contribution in [3.8, 4) is 0 Å². The number of piperidine rings is 1. The summed E-state index contributed by atoms with van der Waals surface area (Å²) in [5.41, 5.74) is 1.49. The summed E-state index contributed by atoms with van der Waals surface area (Å²) in [7, 11) is -1.16. The molecule has 2 aromatic heterocycles. The van der Waals surface area contributed by atoms with Crippen LogP contribution >= 0.6 is 11.6 Å². The second kappa shape index (κ2) is 7.74. The first kappa shape index (κ1) is 19.8. The molecule has 2 saturated heterocycles. The summed E-state index contributed by atoms with van der Waals surface area (Å²) in [4.78, 5) is 15.8. The molecule has 2 aliphatic rings. The van der Waals surface area contributed by atoms with Crippen LogP contribution in [0.4, 0.5) is 5.82 Å². The van der Waals surface area contributed by atoms with Gasteiger partial charge < -0.3 is 14.2 Å². The molecule has 0 aromatic carbocycles. The lowest BCUT2D eigenvalue weighted by Gasteiger charge is -2.29. The Balaban J connectivity index is 1.58. The highest BCUT2D eigenvalue weighted by Crippen LogP contribution is 2.28. The zero-order valence-electron chi connectivity index (χ0n) is 16.1. The van der Waals surface area contributed by atoms with Crippen molar-refractivity contribution in [2.75, 3.05) is 50.5 Å². The third kappa shape index (κ3) is 3.96. The van der Waals surface area contributed by atoms with Crippen molar-refractivity contribution >= 4 is 38.6 Å². The zero-order chi connectivity index (χ0) is 19.9. The van der Waals surface area contributed by atoms with Crippen LogP contribution in [0, 0.1) is 5.92 Å². The molecule has 2 fully saturated rings. The molecule has 4 heterocycles. The Bertz CT molecular complexity index is 965. The summed E-state index contributed by atoms with van der Waals surface area (Å²) in [5.74, 6) is 2.08. The van der Waals surface area contributed by atoms with E-state index in [1.165, 1.54) is 6.26 Å². The van der Waals surface area contributed by atoms with Crippen molar-refractivity contribution in [1.29, 1.82) is 0 Å². The van der Waals surface area contributed by atoms with Crippen LogP contribution in [0.3, 0.4) is 0 Å². The van der Waals surface area contributed by atoms with Crippen LogP contribution in [0.1, 0.15) is 18.7 Å². The summed E-state index contributed by atoms with van der Waals surface area (Å²) in [6.45, 7) is 3.94. The molecule has 0 amide bonds. The number of rotatable bonds is 4. The maximum atomic E-state index is 11.7. The van der Waals surface area contributed by atoms with Crippen LogP contribution in [0.15, 0.2) is 0 Å². The lowest BCUT2D eigenvalue weighted by atomic mass is 9.94. The standard InChI is InChI=1S/C17H25ClN6O3S/c1-22-13(11-12-3-5-24(6-4-12)28(2,25)26)19-14-15(22)20-17(18)21-16(14)23-7-9-27-10-8-23/h12H,3-11H2,1-2H3. The van der Waals surface area contributed by atoms with Crippen molar-refractivity contribution < 1.29 is 13.2 Å². The molecule has 0 N–H and O–H groups in total. The molecular weight excluding hydrogens is 404 g/mol. The fourth-order valence-corrected chi connectivity index (χ4v) is 4.98. The van der Waals surface area contributed by atoms with Crippen LogP contribution in [0.2, 0.25) is 5.28 Å². The minimum Gasteiger partial charge on any atom is -0.378 e. The van der Waals surface area contributed by atoms with Crippen LogP contribution < -0.4 is 4.90 Å². The second-order valence-electron chi connectivity index (χ2n) is 7.48. The van der Waals surface area contributed by atoms with E-state index in [1.54, 1.807) is 4.31 Å². The van der Waals surface area contributed by atoms with Gasteiger partial charge in [0, 0.05) is 39.6 Å². The molecule has 0 saturated carbocycles. The normalized spacial score (nSPS) is 20.2. The van der Waals surface area contributed by atoms with Gasteiger partial charge in [0.05, 0.1) is 19.5 Å². The van der Waals surface area contributed by atoms with Gasteiger partial charge in [-0.15, -0.1) is 0 Å². The molecule has 0 spiro atoms. The Morgan fingerprint density at radius 3 is 2.43 bits per heavy atom. The van der Waals surface area contributed by atoms with Crippen molar-refractivity contribution in [2.24, 2.45) is 13.0 Å². The zero-order valence-corrected chi connectivity index (χ0v) is 17.7. The minimum atomic E-state index is -3.11. The molecular formula is C17H25ClN6O3S. The van der Waals surface area contributed by atoms with E-state index < -0.39 is 10.0 Å². The van der Waals surface area contributed by atoms with E-state index in [4.69, 9.17) is 21.3 Å². The molecule has 28 heavy (non-hydrogen) atoms. The number of sulfonamides is 1. The van der Waals surface area contributed by atoms with Gasteiger partial charge in [-0.25, -0.2) is 17.7 Å². The number of halogens is 1. The first-order chi connectivity index (χ1) is 13.3. The Kier molecular flexibility index (Phi) is 5.47. The first-order valence-corrected chi connectivity index (χ1v) is 11.7. The SMILES string of the molecule is Cn1c(CC2CCN(S(C)(=O)=O)CC2)nc2c(N3CCOCC3)nc(Cl)nc21. The van der Waals surface area contributed by atoms with E-state index in [-0.39, 0.29) is 5.28 Å². The van der Waals surface area contributed by atoms with E-state index in [1.807, 2.05) is 11.6 Å². The predicted octanol–water partition coefficient (Wildman–Crippen LogP) is 1.07. The fourth-order valence-electron chi connectivity index (χ4n) is 3.95. The average Bonchev–Trinajstić information content (AvgIpc) is 2.97. The summed E-state index contributed by atoms with van der Waals surface area (Å²) >= 11 is 6.19. The van der Waals surface area contributed by atoms with Gasteiger partial charge in [-0.05, 0) is 30.4 Å². The Morgan fingerprint density at radius 1 is 1.11 bits per heavy atom. The predicted molar refractivity (Wildman–Crippen MR) is 107 cm³/mol. The molecule has 0 atom stereocenters. The number of nitrogens with zero attached hydrogens (tertiary/aromatic N) is 6. The molecule has 0 radical (unpaired) electrons. The van der Waals surface area contributed by atoms with Gasteiger partial charge in [-0.1, -0.05) is 0 Å². The average molecular weight is 429 g/mol. The Hall–Kier alpha value is -1.49. The number of aryl methyl sites for hydroxylation is 1. The summed E-state index contributed by atoms with van der Waals surface area (Å²) in [6.07, 6.45) is 3.72. The highest BCUT2D eigenvalue weighted by Gasteiger charge is 2.27. The van der Waals surface area contributed by atoms with Crippen LogP contribution in [-0.4, -0.2) is 77.9 Å². The number of aromatic nitrogens is 4. The van der Waals surface area contributed by atoms with E-state index in [2.05, 4.69) is 14.9 Å². The number of imidazole rings is 1. The lowest BCUT2D eigenvalue weighted by Crippen LogP contribution is -2.38. The Labute approximate surface area is 169 Å². The molecule has 0 unspecified atom stereocenters.